The molecular weight excluding hydrogens is 678 g/mol. The van der Waals surface area contributed by atoms with Crippen LogP contribution in [0.5, 0.6) is 5.75 Å². The van der Waals surface area contributed by atoms with Crippen LogP contribution < -0.4 is 9.64 Å². The second kappa shape index (κ2) is 12.5. The molecule has 2 aromatic heterocycles. The van der Waals surface area contributed by atoms with Gasteiger partial charge in [0.2, 0.25) is 0 Å². The molecule has 0 saturated carbocycles. The van der Waals surface area contributed by atoms with E-state index in [4.69, 9.17) is 14.5 Å². The van der Waals surface area contributed by atoms with E-state index in [2.05, 4.69) is 4.98 Å². The van der Waals surface area contributed by atoms with Gasteiger partial charge in [-0.2, -0.15) is 26.3 Å². The number of halogens is 6. The number of alkyl halides is 6. The number of carboxylic acid groups (broad SMARTS) is 1. The number of carbonyl (C=O) groups is 2. The van der Waals surface area contributed by atoms with Crippen LogP contribution >= 0.6 is 11.3 Å². The summed E-state index contributed by atoms with van der Waals surface area (Å²) in [5.74, 6) is -0.0622. The maximum Gasteiger partial charge on any atom is 0.416 e. The summed E-state index contributed by atoms with van der Waals surface area (Å²) in [5.41, 5.74) is -1.10. The third-order valence-corrected chi connectivity index (χ3v) is 9.71. The number of aromatic carboxylic acids is 1. The number of nitrogens with zero attached hydrogens (tertiary/aromatic N) is 4. The maximum absolute atomic E-state index is 13.6. The van der Waals surface area contributed by atoms with E-state index in [9.17, 15) is 41.0 Å². The zero-order valence-corrected chi connectivity index (χ0v) is 27.0. The van der Waals surface area contributed by atoms with E-state index in [-0.39, 0.29) is 17.5 Å². The van der Waals surface area contributed by atoms with Crippen molar-refractivity contribution in [2.45, 2.75) is 51.3 Å². The summed E-state index contributed by atoms with van der Waals surface area (Å²) in [6.45, 7) is 4.37. The van der Waals surface area contributed by atoms with Crippen molar-refractivity contribution >= 4 is 29.2 Å². The van der Waals surface area contributed by atoms with Gasteiger partial charge in [-0.1, -0.05) is 0 Å². The lowest BCUT2D eigenvalue weighted by Gasteiger charge is -2.33. The summed E-state index contributed by atoms with van der Waals surface area (Å²) in [5, 5.41) is 9.99. The van der Waals surface area contributed by atoms with Crippen LogP contribution in [-0.4, -0.2) is 58.3 Å². The van der Waals surface area contributed by atoms with Crippen LogP contribution in [0.2, 0.25) is 0 Å². The zero-order valence-electron chi connectivity index (χ0n) is 26.1. The standard InChI is InChI=1S/C33H28F6N4O5S/c1-16-28(30(44)45)49-29(40-16)18-5-7-25(47-3)23(13-18)22-6-8-26(42-9-4-10-42)41-24(22)15-43-17(2)27(48-31(43)46)19-11-20(32(34,35)36)14-21(12-19)33(37,38)39/h5-8,11-14,17,27H,4,9-10,15H2,1-3H3,(H,44,45)/t17-,27-/m0/s1. The molecule has 49 heavy (non-hydrogen) atoms. The molecule has 2 aliphatic heterocycles. The van der Waals surface area contributed by atoms with Crippen LogP contribution in [0.25, 0.3) is 21.7 Å². The number of aryl methyl sites for hydroxylation is 1. The number of thiazole rings is 1. The van der Waals surface area contributed by atoms with Crippen LogP contribution in [0.1, 0.15) is 57.2 Å². The highest BCUT2D eigenvalue weighted by Gasteiger charge is 2.43. The second-order valence-electron chi connectivity index (χ2n) is 11.7. The minimum atomic E-state index is -5.07. The van der Waals surface area contributed by atoms with Crippen LogP contribution in [0, 0.1) is 6.92 Å². The van der Waals surface area contributed by atoms with Gasteiger partial charge in [-0.25, -0.2) is 19.6 Å². The Hall–Kier alpha value is -4.86. The molecule has 16 heteroatoms. The van der Waals surface area contributed by atoms with Crippen molar-refractivity contribution < 1.29 is 50.5 Å². The number of benzene rings is 2. The molecular formula is C33H28F6N4O5S. The van der Waals surface area contributed by atoms with E-state index in [1.54, 1.807) is 37.3 Å². The van der Waals surface area contributed by atoms with E-state index in [1.807, 2.05) is 4.90 Å². The lowest BCUT2D eigenvalue weighted by molar-refractivity contribution is -0.143. The Morgan fingerprint density at radius 3 is 2.22 bits per heavy atom. The third-order valence-electron chi connectivity index (χ3n) is 8.52. The normalized spacial score (nSPS) is 18.0. The number of hydrogen-bond acceptors (Lipinski definition) is 8. The summed E-state index contributed by atoms with van der Waals surface area (Å²) in [6, 6.07) is 8.92. The van der Waals surface area contributed by atoms with Crippen molar-refractivity contribution in [2.24, 2.45) is 0 Å². The molecule has 1 N–H and O–H groups in total. The molecule has 1 amide bonds. The van der Waals surface area contributed by atoms with Crippen LogP contribution in [0.4, 0.5) is 37.0 Å². The van der Waals surface area contributed by atoms with Gasteiger partial charge in [0.15, 0.2) is 0 Å². The average molecular weight is 707 g/mol. The van der Waals surface area contributed by atoms with Gasteiger partial charge in [0.1, 0.15) is 27.6 Å². The minimum absolute atomic E-state index is 0.0250. The van der Waals surface area contributed by atoms with Gasteiger partial charge >= 0.3 is 24.4 Å². The van der Waals surface area contributed by atoms with Crippen LogP contribution in [0.3, 0.4) is 0 Å². The predicted molar refractivity (Wildman–Crippen MR) is 167 cm³/mol. The molecule has 4 heterocycles. The van der Waals surface area contributed by atoms with Gasteiger partial charge in [0, 0.05) is 29.8 Å². The highest BCUT2D eigenvalue weighted by Crippen LogP contribution is 2.43. The molecule has 4 aromatic rings. The Balaban J connectivity index is 1.40. The lowest BCUT2D eigenvalue weighted by Crippen LogP contribution is -2.38. The third kappa shape index (κ3) is 6.60. The first-order chi connectivity index (χ1) is 23.0. The first kappa shape index (κ1) is 34.0. The Labute approximate surface area is 279 Å². The number of methoxy groups -OCH3 is 1. The van der Waals surface area contributed by atoms with Crippen molar-refractivity contribution in [3.05, 3.63) is 81.5 Å². The van der Waals surface area contributed by atoms with E-state index in [0.717, 1.165) is 30.8 Å². The second-order valence-corrected chi connectivity index (χ2v) is 12.7. The number of pyridine rings is 1. The number of rotatable bonds is 8. The topological polar surface area (TPSA) is 105 Å². The van der Waals surface area contributed by atoms with Crippen LogP contribution in [-0.2, 0) is 23.6 Å². The summed E-state index contributed by atoms with van der Waals surface area (Å²) in [4.78, 5) is 37.5. The van der Waals surface area contributed by atoms with Gasteiger partial charge in [-0.15, -0.1) is 11.3 Å². The quantitative estimate of drug-likeness (QED) is 0.183. The van der Waals surface area contributed by atoms with E-state index in [0.29, 0.717) is 56.8 Å². The van der Waals surface area contributed by atoms with Crippen molar-refractivity contribution in [1.29, 1.82) is 0 Å². The fraction of sp³-hybridized carbons (Fsp3) is 0.333. The molecule has 0 bridgehead atoms. The molecule has 0 unspecified atom stereocenters. The molecule has 0 radical (unpaired) electrons. The highest BCUT2D eigenvalue weighted by molar-refractivity contribution is 7.17. The van der Waals surface area contributed by atoms with Gasteiger partial charge in [-0.05, 0) is 74.4 Å². The first-order valence-corrected chi connectivity index (χ1v) is 15.8. The fourth-order valence-corrected chi connectivity index (χ4v) is 6.71. The Bertz CT molecular complexity index is 1910. The number of aromatic nitrogens is 2. The summed E-state index contributed by atoms with van der Waals surface area (Å²) >= 11 is 1.00. The summed E-state index contributed by atoms with van der Waals surface area (Å²) < 4.78 is 92.8. The number of amides is 1. The monoisotopic (exact) mass is 706 g/mol. The molecule has 2 fully saturated rings. The zero-order chi connectivity index (χ0) is 35.4. The number of ether oxygens (including phenoxy) is 2. The smallest absolute Gasteiger partial charge is 0.416 e. The van der Waals surface area contributed by atoms with Crippen LogP contribution in [0.15, 0.2) is 48.5 Å². The van der Waals surface area contributed by atoms with Gasteiger partial charge in [0.05, 0.1) is 42.2 Å². The molecule has 2 aromatic carbocycles. The van der Waals surface area contributed by atoms with E-state index >= 15 is 0 Å². The largest absolute Gasteiger partial charge is 0.496 e. The van der Waals surface area contributed by atoms with Crippen molar-refractivity contribution in [3.8, 4) is 27.4 Å². The number of cyclic esters (lactones) is 1. The highest BCUT2D eigenvalue weighted by atomic mass is 32.1. The molecule has 2 saturated heterocycles. The molecule has 9 nitrogen and oxygen atoms in total. The SMILES string of the molecule is COc1ccc(-c2nc(C)c(C(=O)O)s2)cc1-c1ccc(N2CCC2)nc1CN1C(=O)O[C@H](c2cc(C(F)(F)F)cc(C(F)(F)F)c2)[C@@H]1C. The Morgan fingerprint density at radius 1 is 1.00 bits per heavy atom. The molecule has 6 rings (SSSR count). The number of carbonyl (C=O) groups excluding carboxylic acids is 1. The minimum Gasteiger partial charge on any atom is -0.496 e. The summed E-state index contributed by atoms with van der Waals surface area (Å²) in [7, 11) is 1.46. The number of anilines is 1. The molecule has 2 atom stereocenters. The van der Waals surface area contributed by atoms with E-state index in [1.165, 1.54) is 18.9 Å². The molecule has 2 aliphatic rings. The van der Waals surface area contributed by atoms with Gasteiger partial charge < -0.3 is 19.5 Å². The number of carboxylic acids is 1. The predicted octanol–water partition coefficient (Wildman–Crippen LogP) is 8.22. The molecule has 258 valence electrons. The van der Waals surface area contributed by atoms with Crippen molar-refractivity contribution in [3.63, 3.8) is 0 Å². The first-order valence-electron chi connectivity index (χ1n) is 15.0. The number of hydrogen-bond donors (Lipinski definition) is 1. The maximum atomic E-state index is 13.6. The Kier molecular flexibility index (Phi) is 8.71. The summed E-state index contributed by atoms with van der Waals surface area (Å²) in [6.07, 6.45) is -11.6. The van der Waals surface area contributed by atoms with Gasteiger partial charge in [-0.3, -0.25) is 4.90 Å². The van der Waals surface area contributed by atoms with Gasteiger partial charge in [0.25, 0.3) is 0 Å². The lowest BCUT2D eigenvalue weighted by atomic mass is 9.97. The van der Waals surface area contributed by atoms with Crippen molar-refractivity contribution in [1.82, 2.24) is 14.9 Å². The average Bonchev–Trinajstić information content (AvgIpc) is 3.54. The van der Waals surface area contributed by atoms with E-state index < -0.39 is 53.3 Å². The Morgan fingerprint density at radius 2 is 1.67 bits per heavy atom. The molecule has 0 aliphatic carbocycles. The fourth-order valence-electron chi connectivity index (χ4n) is 5.81. The van der Waals surface area contributed by atoms with Crippen molar-refractivity contribution in [2.75, 3.05) is 25.1 Å². The molecule has 0 spiro atoms.